The van der Waals surface area contributed by atoms with E-state index in [-0.39, 0.29) is 17.8 Å². The van der Waals surface area contributed by atoms with Crippen LogP contribution in [0.2, 0.25) is 0 Å². The number of halogens is 1. The molecule has 1 amide bonds. The van der Waals surface area contributed by atoms with Crippen molar-refractivity contribution < 1.29 is 9.18 Å². The van der Waals surface area contributed by atoms with Crippen molar-refractivity contribution in [1.82, 2.24) is 25.5 Å². The van der Waals surface area contributed by atoms with Crippen molar-refractivity contribution in [3.8, 4) is 11.4 Å². The summed E-state index contributed by atoms with van der Waals surface area (Å²) in [6, 6.07) is 8.80. The minimum absolute atomic E-state index is 0.0816. The molecular weight excluding hydrogens is 347 g/mol. The zero-order chi connectivity index (χ0) is 19.4. The number of carbonyl (C=O) groups is 1. The second-order valence-electron chi connectivity index (χ2n) is 6.34. The lowest BCUT2D eigenvalue weighted by Gasteiger charge is -2.13. The summed E-state index contributed by atoms with van der Waals surface area (Å²) in [6.45, 7) is 3.86. The van der Waals surface area contributed by atoms with Crippen molar-refractivity contribution in [3.63, 3.8) is 0 Å². The van der Waals surface area contributed by atoms with E-state index in [1.54, 1.807) is 31.3 Å². The van der Waals surface area contributed by atoms with Gasteiger partial charge in [-0.25, -0.2) is 14.4 Å². The van der Waals surface area contributed by atoms with E-state index in [0.717, 1.165) is 17.6 Å². The second-order valence-corrected chi connectivity index (χ2v) is 6.34. The smallest absolute Gasteiger partial charge is 0.251 e. The predicted octanol–water partition coefficient (Wildman–Crippen LogP) is 2.72. The third-order valence-electron chi connectivity index (χ3n) is 4.02. The summed E-state index contributed by atoms with van der Waals surface area (Å²) >= 11 is 0. The van der Waals surface area contributed by atoms with Crippen LogP contribution < -0.4 is 10.6 Å². The maximum absolute atomic E-state index is 13.6. The molecule has 0 radical (unpaired) electrons. The highest BCUT2D eigenvalue weighted by atomic mass is 19.1. The molecule has 0 aliphatic carbocycles. The number of amides is 1. The van der Waals surface area contributed by atoms with Crippen LogP contribution in [0.25, 0.3) is 11.4 Å². The molecule has 0 aliphatic rings. The number of aromatic amines is 1. The highest BCUT2D eigenvalue weighted by Gasteiger charge is 2.14. The zero-order valence-corrected chi connectivity index (χ0v) is 15.4. The van der Waals surface area contributed by atoms with Gasteiger partial charge in [0.25, 0.3) is 5.91 Å². The van der Waals surface area contributed by atoms with Crippen LogP contribution in [0.5, 0.6) is 0 Å². The summed E-state index contributed by atoms with van der Waals surface area (Å²) in [4.78, 5) is 20.7. The fourth-order valence-corrected chi connectivity index (χ4v) is 2.73. The van der Waals surface area contributed by atoms with Gasteiger partial charge in [-0.15, -0.1) is 0 Å². The molecule has 2 heterocycles. The maximum Gasteiger partial charge on any atom is 0.251 e. The topological polar surface area (TPSA) is 95.6 Å². The van der Waals surface area contributed by atoms with Crippen molar-refractivity contribution in [2.24, 2.45) is 0 Å². The molecule has 1 aromatic carbocycles. The lowest BCUT2D eigenvalue weighted by Crippen LogP contribution is -2.34. The lowest BCUT2D eigenvalue weighted by atomic mass is 10.1. The molecule has 0 saturated carbocycles. The molecule has 0 bridgehead atoms. The van der Waals surface area contributed by atoms with Crippen LogP contribution in [0.4, 0.5) is 10.2 Å². The first-order valence-corrected chi connectivity index (χ1v) is 8.58. The van der Waals surface area contributed by atoms with Gasteiger partial charge in [0.1, 0.15) is 0 Å². The Bertz CT molecular complexity index is 955. The molecule has 0 spiro atoms. The molecule has 140 valence electrons. The maximum atomic E-state index is 13.6. The molecule has 7 nitrogen and oxygen atoms in total. The quantitative estimate of drug-likeness (QED) is 0.622. The average molecular weight is 368 g/mol. The minimum atomic E-state index is -0.530. The highest BCUT2D eigenvalue weighted by molar-refractivity contribution is 5.95. The molecule has 3 aromatic rings. The monoisotopic (exact) mass is 368 g/mol. The third kappa shape index (κ3) is 4.46. The first-order valence-electron chi connectivity index (χ1n) is 8.58. The van der Waals surface area contributed by atoms with Gasteiger partial charge in [-0.1, -0.05) is 12.1 Å². The first kappa shape index (κ1) is 18.5. The summed E-state index contributed by atoms with van der Waals surface area (Å²) in [5.74, 6) is -0.279. The number of aromatic nitrogens is 4. The number of nitrogens with zero attached hydrogens (tertiary/aromatic N) is 3. The number of carbonyl (C=O) groups excluding carboxylic acids is 1. The van der Waals surface area contributed by atoms with Gasteiger partial charge in [-0.05, 0) is 32.0 Å². The minimum Gasteiger partial charge on any atom is -0.371 e. The van der Waals surface area contributed by atoms with Gasteiger partial charge in [0.15, 0.2) is 17.5 Å². The Labute approximate surface area is 156 Å². The van der Waals surface area contributed by atoms with Gasteiger partial charge in [0.05, 0.1) is 11.9 Å². The Morgan fingerprint density at radius 1 is 1.33 bits per heavy atom. The number of anilines is 1. The number of hydrogen-bond acceptors (Lipinski definition) is 5. The summed E-state index contributed by atoms with van der Waals surface area (Å²) in [7, 11) is 1.58. The Hall–Kier alpha value is -3.29. The number of rotatable bonds is 6. The van der Waals surface area contributed by atoms with Crippen LogP contribution in [0.15, 0.2) is 36.5 Å². The normalized spacial score (nSPS) is 11.9. The van der Waals surface area contributed by atoms with Crippen molar-refractivity contribution in [2.75, 3.05) is 12.4 Å². The SMILES string of the molecule is CNc1nc(-c2cccc(C(=O)N[C@@H](C)Cc3cc(C)[nH]n3)c2)ncc1F. The number of nitrogens with one attached hydrogen (secondary N) is 3. The molecule has 8 heteroatoms. The van der Waals surface area contributed by atoms with E-state index >= 15 is 0 Å². The van der Waals surface area contributed by atoms with E-state index in [9.17, 15) is 9.18 Å². The number of H-pyrrole nitrogens is 1. The van der Waals surface area contributed by atoms with E-state index < -0.39 is 5.82 Å². The van der Waals surface area contributed by atoms with Gasteiger partial charge in [-0.2, -0.15) is 5.10 Å². The van der Waals surface area contributed by atoms with Gasteiger partial charge in [0.2, 0.25) is 0 Å². The summed E-state index contributed by atoms with van der Waals surface area (Å²) in [6.07, 6.45) is 1.73. The van der Waals surface area contributed by atoms with Gasteiger partial charge in [0, 0.05) is 36.3 Å². The van der Waals surface area contributed by atoms with Crippen molar-refractivity contribution in [3.05, 3.63) is 59.3 Å². The first-order chi connectivity index (χ1) is 13.0. The Balaban J connectivity index is 1.73. The van der Waals surface area contributed by atoms with E-state index in [4.69, 9.17) is 0 Å². The summed E-state index contributed by atoms with van der Waals surface area (Å²) in [5, 5.41) is 12.7. The fraction of sp³-hybridized carbons (Fsp3) is 0.263. The standard InChI is InChI=1S/C19H21FN6O/c1-11(7-15-8-12(2)25-26-15)23-19(27)14-6-4-5-13(9-14)17-22-10-16(20)18(21-3)24-17/h4-6,8-11H,7H2,1-3H3,(H,23,27)(H,25,26)(H,21,22,24)/t11-/m0/s1. The van der Waals surface area contributed by atoms with Crippen LogP contribution in [0, 0.1) is 12.7 Å². The van der Waals surface area contributed by atoms with E-state index in [1.165, 1.54) is 0 Å². The van der Waals surface area contributed by atoms with Gasteiger partial charge < -0.3 is 10.6 Å². The van der Waals surface area contributed by atoms with Crippen molar-refractivity contribution >= 4 is 11.7 Å². The Morgan fingerprint density at radius 2 is 2.15 bits per heavy atom. The molecule has 0 saturated heterocycles. The molecule has 2 aromatic heterocycles. The number of hydrogen-bond donors (Lipinski definition) is 3. The molecule has 27 heavy (non-hydrogen) atoms. The van der Waals surface area contributed by atoms with Gasteiger partial charge >= 0.3 is 0 Å². The molecule has 1 atom stereocenters. The summed E-state index contributed by atoms with van der Waals surface area (Å²) in [5.41, 5.74) is 3.00. The summed E-state index contributed by atoms with van der Waals surface area (Å²) < 4.78 is 13.6. The molecule has 3 rings (SSSR count). The Morgan fingerprint density at radius 3 is 2.85 bits per heavy atom. The number of benzene rings is 1. The van der Waals surface area contributed by atoms with E-state index in [2.05, 4.69) is 30.8 Å². The van der Waals surface area contributed by atoms with E-state index in [0.29, 0.717) is 23.4 Å². The average Bonchev–Trinajstić information content (AvgIpc) is 3.06. The van der Waals surface area contributed by atoms with Crippen LogP contribution in [-0.4, -0.2) is 39.2 Å². The highest BCUT2D eigenvalue weighted by Crippen LogP contribution is 2.19. The van der Waals surface area contributed by atoms with Crippen LogP contribution in [-0.2, 0) is 6.42 Å². The Kier molecular flexibility index (Phi) is 5.44. The second kappa shape index (κ2) is 7.94. The largest absolute Gasteiger partial charge is 0.371 e. The molecule has 0 aliphatic heterocycles. The van der Waals surface area contributed by atoms with Crippen molar-refractivity contribution in [1.29, 1.82) is 0 Å². The number of aryl methyl sites for hydroxylation is 1. The van der Waals surface area contributed by atoms with E-state index in [1.807, 2.05) is 19.9 Å². The van der Waals surface area contributed by atoms with Crippen LogP contribution >= 0.6 is 0 Å². The third-order valence-corrected chi connectivity index (χ3v) is 4.02. The van der Waals surface area contributed by atoms with Crippen molar-refractivity contribution in [2.45, 2.75) is 26.3 Å². The molecule has 0 unspecified atom stereocenters. The molecule has 0 fully saturated rings. The predicted molar refractivity (Wildman–Crippen MR) is 101 cm³/mol. The van der Waals surface area contributed by atoms with Crippen LogP contribution in [0.3, 0.4) is 0 Å². The molecular formula is C19H21FN6O. The van der Waals surface area contributed by atoms with Gasteiger partial charge in [-0.3, -0.25) is 9.89 Å². The lowest BCUT2D eigenvalue weighted by molar-refractivity contribution is 0.0940. The zero-order valence-electron chi connectivity index (χ0n) is 15.4. The van der Waals surface area contributed by atoms with Crippen LogP contribution in [0.1, 0.15) is 28.7 Å². The fourth-order valence-electron chi connectivity index (χ4n) is 2.73. The molecule has 3 N–H and O–H groups in total.